The second-order valence-corrected chi connectivity index (χ2v) is 15.1. The second kappa shape index (κ2) is 12.6. The zero-order valence-corrected chi connectivity index (χ0v) is 26.3. The van der Waals surface area contributed by atoms with E-state index in [0.717, 1.165) is 0 Å². The highest BCUT2D eigenvalue weighted by atomic mass is 35.5. The van der Waals surface area contributed by atoms with Crippen LogP contribution in [-0.2, 0) is 24.8 Å². The fraction of sp³-hybridized carbons (Fsp3) is 0.357. The molecule has 2 fully saturated rings. The van der Waals surface area contributed by atoms with E-state index in [0.29, 0.717) is 31.9 Å². The van der Waals surface area contributed by atoms with Gasteiger partial charge in [0.1, 0.15) is 5.03 Å². The molecule has 0 saturated carbocycles. The van der Waals surface area contributed by atoms with Crippen molar-refractivity contribution in [1.82, 2.24) is 28.5 Å². The lowest BCUT2D eigenvalue weighted by molar-refractivity contribution is -0.593. The van der Waals surface area contributed by atoms with E-state index in [2.05, 4.69) is 15.0 Å². The summed E-state index contributed by atoms with van der Waals surface area (Å²) in [6.07, 6.45) is 4.05. The number of fused-ring (bicyclic) bond motifs is 1. The van der Waals surface area contributed by atoms with Crippen LogP contribution in [0.3, 0.4) is 0 Å². The van der Waals surface area contributed by atoms with Gasteiger partial charge in [-0.25, -0.2) is 26.8 Å². The summed E-state index contributed by atoms with van der Waals surface area (Å²) >= 11 is 6.08. The van der Waals surface area contributed by atoms with E-state index in [1.165, 1.54) is 38.2 Å². The Bertz CT molecular complexity index is 1930. The van der Waals surface area contributed by atoms with Crippen molar-refractivity contribution >= 4 is 48.5 Å². The Morgan fingerprint density at radius 1 is 1.02 bits per heavy atom. The molecule has 238 valence electrons. The summed E-state index contributed by atoms with van der Waals surface area (Å²) in [5.74, 6) is -1.02. The Morgan fingerprint density at radius 3 is 2.51 bits per heavy atom. The fourth-order valence-electron chi connectivity index (χ4n) is 5.50. The van der Waals surface area contributed by atoms with E-state index < -0.39 is 32.0 Å². The van der Waals surface area contributed by atoms with Crippen LogP contribution in [-0.4, -0.2) is 109 Å². The average molecular weight is 676 g/mol. The standard InChI is InChI=1S/C28H30ClN7O7S2/c29-22-4-5-24-20(15-22)16-26(32-24)45(41,42)34-8-9-35(23(19-34)6-14-44(39,40)33-10-12-43-13-11-33)28(37)27-30-17-21(18-31-27)25-3-1-2-7-36(25)38/h1-5,7,15-18,23,32H,6,8-14,19H2. The van der Waals surface area contributed by atoms with Crippen molar-refractivity contribution in [1.29, 1.82) is 0 Å². The van der Waals surface area contributed by atoms with Gasteiger partial charge in [-0.1, -0.05) is 11.6 Å². The lowest BCUT2D eigenvalue weighted by Crippen LogP contribution is -2.57. The number of H-pyrrole nitrogens is 1. The Morgan fingerprint density at radius 2 is 1.78 bits per heavy atom. The van der Waals surface area contributed by atoms with E-state index in [-0.39, 0.29) is 69.0 Å². The summed E-state index contributed by atoms with van der Waals surface area (Å²) in [6.45, 7) is 0.847. The van der Waals surface area contributed by atoms with Crippen LogP contribution in [0.25, 0.3) is 22.2 Å². The highest BCUT2D eigenvalue weighted by Crippen LogP contribution is 2.27. The van der Waals surface area contributed by atoms with Crippen LogP contribution in [0.1, 0.15) is 17.0 Å². The third kappa shape index (κ3) is 6.52. The summed E-state index contributed by atoms with van der Waals surface area (Å²) in [4.78, 5) is 26.4. The van der Waals surface area contributed by atoms with E-state index >= 15 is 0 Å². The van der Waals surface area contributed by atoms with Crippen molar-refractivity contribution in [2.24, 2.45) is 0 Å². The van der Waals surface area contributed by atoms with Gasteiger partial charge in [-0.3, -0.25) is 4.79 Å². The predicted molar refractivity (Wildman–Crippen MR) is 164 cm³/mol. The number of halogens is 1. The summed E-state index contributed by atoms with van der Waals surface area (Å²) in [7, 11) is -7.74. The predicted octanol–water partition coefficient (Wildman–Crippen LogP) is 1.48. The number of nitrogens with one attached hydrogen (secondary N) is 1. The molecule has 1 aromatic carbocycles. The Hall–Kier alpha value is -3.67. The number of aromatic nitrogens is 4. The second-order valence-electron chi connectivity index (χ2n) is 10.7. The molecule has 14 nitrogen and oxygen atoms in total. The van der Waals surface area contributed by atoms with E-state index in [1.54, 1.807) is 36.4 Å². The van der Waals surface area contributed by atoms with Gasteiger partial charge in [-0.15, -0.1) is 0 Å². The fourth-order valence-corrected chi connectivity index (χ4v) is 8.70. The number of benzene rings is 1. The summed E-state index contributed by atoms with van der Waals surface area (Å²) in [6, 6.07) is 10.6. The Labute approximate surface area is 264 Å². The van der Waals surface area contributed by atoms with Gasteiger partial charge in [0.05, 0.1) is 24.5 Å². The summed E-state index contributed by atoms with van der Waals surface area (Å²) in [5, 5.41) is 13.2. The first kappa shape index (κ1) is 31.3. The number of pyridine rings is 1. The van der Waals surface area contributed by atoms with Gasteiger partial charge in [-0.2, -0.15) is 13.3 Å². The number of ether oxygens (including phenoxy) is 1. The number of hydrogen-bond acceptors (Lipinski definition) is 9. The molecule has 17 heteroatoms. The SMILES string of the molecule is O=C(c1ncc(-c2cccc[n+]2[O-])cn1)N1CCN(S(=O)(=O)c2cc3cc(Cl)ccc3[nH]2)CC1CCS(=O)(=O)N1CCOCC1. The number of carbonyl (C=O) groups is 1. The molecule has 3 aromatic heterocycles. The van der Waals surface area contributed by atoms with Crippen molar-refractivity contribution in [3.8, 4) is 11.3 Å². The van der Waals surface area contributed by atoms with Gasteiger partial charge in [0, 0.05) is 79.2 Å². The van der Waals surface area contributed by atoms with Crippen molar-refractivity contribution in [2.75, 3.05) is 51.7 Å². The van der Waals surface area contributed by atoms with Crippen LogP contribution in [0.15, 0.2) is 66.1 Å². The number of carbonyl (C=O) groups excluding carboxylic acids is 1. The van der Waals surface area contributed by atoms with Crippen LogP contribution in [0.4, 0.5) is 0 Å². The van der Waals surface area contributed by atoms with Gasteiger partial charge >= 0.3 is 0 Å². The molecule has 0 aliphatic carbocycles. The highest BCUT2D eigenvalue weighted by molar-refractivity contribution is 7.89. The zero-order chi connectivity index (χ0) is 31.8. The number of morpholine rings is 1. The molecule has 1 N–H and O–H groups in total. The minimum absolute atomic E-state index is 0.0158. The molecule has 2 aliphatic rings. The maximum Gasteiger partial charge on any atom is 0.291 e. The molecule has 6 rings (SSSR count). The number of sulfonamides is 2. The first-order valence-corrected chi connectivity index (χ1v) is 17.6. The minimum atomic E-state index is -4.04. The number of piperazine rings is 1. The van der Waals surface area contributed by atoms with Crippen molar-refractivity contribution < 1.29 is 31.1 Å². The van der Waals surface area contributed by atoms with Crippen LogP contribution < -0.4 is 4.73 Å². The topological polar surface area (TPSA) is 173 Å². The molecule has 1 amide bonds. The van der Waals surface area contributed by atoms with Crippen LogP contribution >= 0.6 is 11.6 Å². The smallest absolute Gasteiger partial charge is 0.291 e. The first-order chi connectivity index (χ1) is 21.5. The van der Waals surface area contributed by atoms with Gasteiger partial charge in [0.2, 0.25) is 21.5 Å². The third-order valence-electron chi connectivity index (χ3n) is 7.92. The minimum Gasteiger partial charge on any atom is -0.618 e. The molecule has 1 unspecified atom stereocenters. The largest absolute Gasteiger partial charge is 0.618 e. The van der Waals surface area contributed by atoms with Crippen LogP contribution in [0, 0.1) is 5.21 Å². The third-order valence-corrected chi connectivity index (χ3v) is 11.8. The van der Waals surface area contributed by atoms with Gasteiger partial charge < -0.3 is 19.8 Å². The van der Waals surface area contributed by atoms with Crippen molar-refractivity contribution in [2.45, 2.75) is 17.5 Å². The molecule has 1 atom stereocenters. The number of rotatable bonds is 8. The van der Waals surface area contributed by atoms with Crippen LogP contribution in [0.2, 0.25) is 5.02 Å². The highest BCUT2D eigenvalue weighted by Gasteiger charge is 2.39. The summed E-state index contributed by atoms with van der Waals surface area (Å²) in [5.41, 5.74) is 1.31. The first-order valence-electron chi connectivity index (χ1n) is 14.2. The molecule has 0 radical (unpaired) electrons. The molecule has 2 aliphatic heterocycles. The van der Waals surface area contributed by atoms with Gasteiger partial charge in [-0.05, 0) is 36.8 Å². The molecule has 0 spiro atoms. The molecule has 2 saturated heterocycles. The number of hydrogen-bond donors (Lipinski definition) is 1. The van der Waals surface area contributed by atoms with E-state index in [4.69, 9.17) is 16.3 Å². The van der Waals surface area contributed by atoms with Gasteiger partial charge in [0.15, 0.2) is 6.20 Å². The van der Waals surface area contributed by atoms with Crippen molar-refractivity contribution in [3.63, 3.8) is 0 Å². The average Bonchev–Trinajstić information content (AvgIpc) is 3.48. The van der Waals surface area contributed by atoms with Crippen LogP contribution in [0.5, 0.6) is 0 Å². The van der Waals surface area contributed by atoms with E-state index in [9.17, 15) is 26.8 Å². The number of amides is 1. The lowest BCUT2D eigenvalue weighted by Gasteiger charge is -2.40. The summed E-state index contributed by atoms with van der Waals surface area (Å²) < 4.78 is 62.4. The number of nitrogens with zero attached hydrogens (tertiary/aromatic N) is 6. The molecule has 45 heavy (non-hydrogen) atoms. The lowest BCUT2D eigenvalue weighted by atomic mass is 10.1. The molecule has 4 aromatic rings. The van der Waals surface area contributed by atoms with Gasteiger partial charge in [0.25, 0.3) is 15.9 Å². The zero-order valence-electron chi connectivity index (χ0n) is 24.0. The quantitative estimate of drug-likeness (QED) is 0.214. The van der Waals surface area contributed by atoms with Crippen molar-refractivity contribution in [3.05, 3.63) is 77.1 Å². The van der Waals surface area contributed by atoms with E-state index in [1.807, 2.05) is 0 Å². The monoisotopic (exact) mass is 675 g/mol. The molecular formula is C28H30ClN7O7S2. The molecule has 0 bridgehead atoms. The maximum atomic E-state index is 13.7. The Balaban J connectivity index is 1.26. The Kier molecular flexibility index (Phi) is 8.78. The maximum absolute atomic E-state index is 13.7. The molecule has 5 heterocycles. The number of aromatic amines is 1. The molecular weight excluding hydrogens is 646 g/mol. The normalized spacial score (nSPS) is 18.8.